The second-order valence-corrected chi connectivity index (χ2v) is 8.24. The molecule has 0 bridgehead atoms. The van der Waals surface area contributed by atoms with Gasteiger partial charge < -0.3 is 9.42 Å². The molecule has 3 aromatic rings. The van der Waals surface area contributed by atoms with Crippen LogP contribution in [0, 0.1) is 5.82 Å². The zero-order valence-electron chi connectivity index (χ0n) is 18.3. The minimum Gasteiger partial charge on any atom is -0.340 e. The Morgan fingerprint density at radius 3 is 2.24 bits per heavy atom. The van der Waals surface area contributed by atoms with Crippen LogP contribution in [0.5, 0.6) is 0 Å². The van der Waals surface area contributed by atoms with Crippen molar-refractivity contribution in [1.82, 2.24) is 24.8 Å². The van der Waals surface area contributed by atoms with E-state index in [0.29, 0.717) is 61.1 Å². The molecule has 0 saturated carbocycles. The summed E-state index contributed by atoms with van der Waals surface area (Å²) in [5.41, 5.74) is 1.42. The molecule has 2 aromatic carbocycles. The lowest BCUT2D eigenvalue weighted by molar-refractivity contribution is -0.133. The minimum atomic E-state index is -0.349. The Bertz CT molecular complexity index is 1200. The highest BCUT2D eigenvalue weighted by Crippen LogP contribution is 2.23. The van der Waals surface area contributed by atoms with Gasteiger partial charge in [0.1, 0.15) is 5.82 Å². The van der Waals surface area contributed by atoms with Crippen LogP contribution >= 0.6 is 0 Å². The maximum Gasteiger partial charge on any atom is 0.261 e. The number of carbonyl (C=O) groups is 3. The van der Waals surface area contributed by atoms with Crippen molar-refractivity contribution in [3.63, 3.8) is 0 Å². The van der Waals surface area contributed by atoms with Gasteiger partial charge in [-0.05, 0) is 36.4 Å². The van der Waals surface area contributed by atoms with Crippen molar-refractivity contribution in [2.24, 2.45) is 0 Å². The van der Waals surface area contributed by atoms with Crippen LogP contribution in [-0.4, -0.2) is 75.3 Å². The number of rotatable bonds is 6. The van der Waals surface area contributed by atoms with Crippen LogP contribution in [-0.2, 0) is 11.3 Å². The van der Waals surface area contributed by atoms with Gasteiger partial charge in [-0.2, -0.15) is 4.98 Å². The fourth-order valence-corrected chi connectivity index (χ4v) is 4.19. The second-order valence-electron chi connectivity index (χ2n) is 8.24. The van der Waals surface area contributed by atoms with Crippen LogP contribution in [0.25, 0.3) is 11.5 Å². The van der Waals surface area contributed by atoms with E-state index in [9.17, 15) is 18.8 Å². The molecular formula is C24H22FN5O4. The van der Waals surface area contributed by atoms with E-state index in [1.54, 1.807) is 41.3 Å². The quantitative estimate of drug-likeness (QED) is 0.517. The molecule has 0 spiro atoms. The monoisotopic (exact) mass is 463 g/mol. The number of benzene rings is 2. The summed E-state index contributed by atoms with van der Waals surface area (Å²) in [7, 11) is 0. The first-order valence-electron chi connectivity index (χ1n) is 11.0. The van der Waals surface area contributed by atoms with Gasteiger partial charge in [0.15, 0.2) is 5.82 Å². The number of fused-ring (bicyclic) bond motifs is 1. The molecule has 1 saturated heterocycles. The zero-order valence-corrected chi connectivity index (χ0v) is 18.3. The number of carbonyl (C=O) groups excluding carboxylic acids is 3. The van der Waals surface area contributed by atoms with Gasteiger partial charge in [0.25, 0.3) is 17.7 Å². The fraction of sp³-hybridized carbons (Fsp3) is 0.292. The Morgan fingerprint density at radius 2 is 1.59 bits per heavy atom. The minimum absolute atomic E-state index is 0.0699. The molecular weight excluding hydrogens is 441 g/mol. The molecule has 2 aliphatic rings. The van der Waals surface area contributed by atoms with E-state index >= 15 is 0 Å². The van der Waals surface area contributed by atoms with Crippen molar-refractivity contribution in [1.29, 1.82) is 0 Å². The van der Waals surface area contributed by atoms with Gasteiger partial charge in [-0.25, -0.2) is 4.39 Å². The van der Waals surface area contributed by atoms with Crippen molar-refractivity contribution < 1.29 is 23.3 Å². The smallest absolute Gasteiger partial charge is 0.261 e. The SMILES string of the molecule is O=C(CCN1C(=O)c2ccccc2C1=O)N1CCN(Cc2noc(-c3ccc(F)cc3)n2)CC1. The molecule has 2 aliphatic heterocycles. The van der Waals surface area contributed by atoms with Gasteiger partial charge in [0.2, 0.25) is 5.91 Å². The average Bonchev–Trinajstić information content (AvgIpc) is 3.41. The Balaban J connectivity index is 1.10. The Kier molecular flexibility index (Phi) is 5.89. The number of halogens is 1. The summed E-state index contributed by atoms with van der Waals surface area (Å²) in [5, 5.41) is 4.00. The highest BCUT2D eigenvalue weighted by atomic mass is 19.1. The number of hydrogen-bond acceptors (Lipinski definition) is 7. The fourth-order valence-electron chi connectivity index (χ4n) is 4.19. The van der Waals surface area contributed by atoms with Crippen molar-refractivity contribution in [3.8, 4) is 11.5 Å². The number of imide groups is 1. The van der Waals surface area contributed by atoms with Gasteiger partial charge >= 0.3 is 0 Å². The number of hydrogen-bond donors (Lipinski definition) is 0. The van der Waals surface area contributed by atoms with Crippen LogP contribution in [0.2, 0.25) is 0 Å². The molecule has 1 aromatic heterocycles. The normalized spacial score (nSPS) is 16.3. The van der Waals surface area contributed by atoms with E-state index in [2.05, 4.69) is 15.0 Å². The maximum absolute atomic E-state index is 13.1. The molecule has 3 amide bonds. The molecule has 3 heterocycles. The predicted octanol–water partition coefficient (Wildman–Crippen LogP) is 2.21. The lowest BCUT2D eigenvalue weighted by atomic mass is 10.1. The summed E-state index contributed by atoms with van der Waals surface area (Å²) in [6.45, 7) is 2.88. The Hall–Kier alpha value is -3.92. The molecule has 0 aliphatic carbocycles. The molecule has 1 fully saturated rings. The summed E-state index contributed by atoms with van der Waals surface area (Å²) in [4.78, 5) is 47.0. The first-order valence-corrected chi connectivity index (χ1v) is 11.0. The van der Waals surface area contributed by atoms with E-state index in [1.807, 2.05) is 0 Å². The molecule has 0 N–H and O–H groups in total. The zero-order chi connectivity index (χ0) is 23.7. The summed E-state index contributed by atoms with van der Waals surface area (Å²) in [6.07, 6.45) is 0.0946. The van der Waals surface area contributed by atoms with E-state index < -0.39 is 0 Å². The van der Waals surface area contributed by atoms with Crippen LogP contribution in [0.15, 0.2) is 53.1 Å². The Morgan fingerprint density at radius 1 is 0.941 bits per heavy atom. The summed E-state index contributed by atoms with van der Waals surface area (Å²) in [5.74, 6) is -0.271. The standard InChI is InChI=1S/C24H22FN5O4/c25-17-7-5-16(6-8-17)22-26-20(27-34-22)15-28-11-13-29(14-12-28)21(31)9-10-30-23(32)18-3-1-2-4-19(18)24(30)33/h1-8H,9-15H2. The number of nitrogens with zero attached hydrogens (tertiary/aromatic N) is 5. The molecule has 174 valence electrons. The van der Waals surface area contributed by atoms with Crippen molar-refractivity contribution in [3.05, 3.63) is 71.3 Å². The third-order valence-corrected chi connectivity index (χ3v) is 6.08. The molecule has 34 heavy (non-hydrogen) atoms. The van der Waals surface area contributed by atoms with Crippen molar-refractivity contribution >= 4 is 17.7 Å². The average molecular weight is 463 g/mol. The summed E-state index contributed by atoms with van der Waals surface area (Å²) < 4.78 is 18.4. The maximum atomic E-state index is 13.1. The molecule has 0 atom stereocenters. The summed E-state index contributed by atoms with van der Waals surface area (Å²) in [6, 6.07) is 12.5. The van der Waals surface area contributed by atoms with E-state index in [-0.39, 0.29) is 36.5 Å². The van der Waals surface area contributed by atoms with Crippen LogP contribution in [0.3, 0.4) is 0 Å². The number of piperazine rings is 1. The van der Waals surface area contributed by atoms with Crippen molar-refractivity contribution in [2.45, 2.75) is 13.0 Å². The first kappa shape index (κ1) is 21.9. The topological polar surface area (TPSA) is 99.9 Å². The number of amides is 3. The highest BCUT2D eigenvalue weighted by molar-refractivity contribution is 6.21. The summed E-state index contributed by atoms with van der Waals surface area (Å²) >= 11 is 0. The van der Waals surface area contributed by atoms with E-state index in [4.69, 9.17) is 4.52 Å². The predicted molar refractivity (Wildman–Crippen MR) is 118 cm³/mol. The first-order chi connectivity index (χ1) is 16.5. The van der Waals surface area contributed by atoms with E-state index in [0.717, 1.165) is 4.90 Å². The highest BCUT2D eigenvalue weighted by Gasteiger charge is 2.35. The van der Waals surface area contributed by atoms with Crippen molar-refractivity contribution in [2.75, 3.05) is 32.7 Å². The van der Waals surface area contributed by atoms with Crippen LogP contribution in [0.1, 0.15) is 33.0 Å². The van der Waals surface area contributed by atoms with Crippen LogP contribution in [0.4, 0.5) is 4.39 Å². The van der Waals surface area contributed by atoms with Gasteiger partial charge in [-0.1, -0.05) is 17.3 Å². The second kappa shape index (κ2) is 9.14. The van der Waals surface area contributed by atoms with Gasteiger partial charge in [0, 0.05) is 44.7 Å². The third kappa shape index (κ3) is 4.32. The van der Waals surface area contributed by atoms with Gasteiger partial charge in [-0.15, -0.1) is 0 Å². The van der Waals surface area contributed by atoms with Crippen LogP contribution < -0.4 is 0 Å². The molecule has 5 rings (SSSR count). The van der Waals surface area contributed by atoms with Gasteiger partial charge in [0.05, 0.1) is 17.7 Å². The molecule has 10 heteroatoms. The molecule has 9 nitrogen and oxygen atoms in total. The lowest BCUT2D eigenvalue weighted by Crippen LogP contribution is -2.49. The van der Waals surface area contributed by atoms with Gasteiger partial charge in [-0.3, -0.25) is 24.2 Å². The third-order valence-electron chi connectivity index (χ3n) is 6.08. The Labute approximate surface area is 194 Å². The molecule has 0 unspecified atom stereocenters. The number of aromatic nitrogens is 2. The lowest BCUT2D eigenvalue weighted by Gasteiger charge is -2.34. The molecule has 0 radical (unpaired) electrons. The van der Waals surface area contributed by atoms with E-state index in [1.165, 1.54) is 12.1 Å². The largest absolute Gasteiger partial charge is 0.340 e.